The number of para-hydroxylation sites is 1. The summed E-state index contributed by atoms with van der Waals surface area (Å²) in [6.07, 6.45) is 0. The smallest absolute Gasteiger partial charge is 0.268 e. The van der Waals surface area contributed by atoms with Gasteiger partial charge in [-0.2, -0.15) is 0 Å². The minimum Gasteiger partial charge on any atom is -0.347 e. The van der Waals surface area contributed by atoms with E-state index in [0.717, 1.165) is 22.0 Å². The highest BCUT2D eigenvalue weighted by atomic mass is 19.1. The van der Waals surface area contributed by atoms with E-state index < -0.39 is 0 Å². The van der Waals surface area contributed by atoms with Crippen molar-refractivity contribution < 1.29 is 9.18 Å². The van der Waals surface area contributed by atoms with Gasteiger partial charge in [0.25, 0.3) is 5.91 Å². The predicted molar refractivity (Wildman–Crippen MR) is 105 cm³/mol. The molecule has 0 saturated carbocycles. The number of carbonyl (C=O) groups is 1. The Labute approximate surface area is 157 Å². The van der Waals surface area contributed by atoms with Crippen LogP contribution in [0, 0.1) is 5.82 Å². The lowest BCUT2D eigenvalue weighted by molar-refractivity contribution is 0.0942. The number of nitrogens with zero attached hydrogens (tertiary/aromatic N) is 1. The van der Waals surface area contributed by atoms with Gasteiger partial charge in [-0.3, -0.25) is 4.79 Å². The minimum atomic E-state index is -0.267. The number of halogens is 1. The molecule has 134 valence electrons. The first-order chi connectivity index (χ1) is 13.2. The van der Waals surface area contributed by atoms with Gasteiger partial charge in [-0.1, -0.05) is 60.7 Å². The molecule has 3 nitrogen and oxygen atoms in total. The molecule has 4 heteroatoms. The summed E-state index contributed by atoms with van der Waals surface area (Å²) in [7, 11) is 0. The largest absolute Gasteiger partial charge is 0.347 e. The Morgan fingerprint density at radius 2 is 1.56 bits per heavy atom. The molecule has 0 aliphatic rings. The van der Waals surface area contributed by atoms with Gasteiger partial charge in [-0.05, 0) is 35.4 Å². The standard InChI is InChI=1S/C23H19FN2O/c24-20-12-10-18(11-13-20)16-26-21-9-5-4-8-19(21)14-22(26)23(27)25-15-17-6-2-1-3-7-17/h1-14H,15-16H2,(H,25,27). The second kappa shape index (κ2) is 7.46. The zero-order valence-corrected chi connectivity index (χ0v) is 14.7. The van der Waals surface area contributed by atoms with E-state index in [4.69, 9.17) is 0 Å². The minimum absolute atomic E-state index is 0.128. The molecule has 3 aromatic carbocycles. The Morgan fingerprint density at radius 3 is 2.33 bits per heavy atom. The molecule has 0 radical (unpaired) electrons. The fraction of sp³-hybridized carbons (Fsp3) is 0.0870. The second-order valence-electron chi connectivity index (χ2n) is 6.47. The van der Waals surface area contributed by atoms with Crippen molar-refractivity contribution in [2.45, 2.75) is 13.1 Å². The Morgan fingerprint density at radius 1 is 0.852 bits per heavy atom. The number of amides is 1. The van der Waals surface area contributed by atoms with Crippen LogP contribution in [0.4, 0.5) is 4.39 Å². The SMILES string of the molecule is O=C(NCc1ccccc1)c1cc2ccccc2n1Cc1ccc(F)cc1. The maximum atomic E-state index is 13.2. The highest BCUT2D eigenvalue weighted by Gasteiger charge is 2.15. The van der Waals surface area contributed by atoms with Crippen LogP contribution in [-0.4, -0.2) is 10.5 Å². The molecule has 0 unspecified atom stereocenters. The van der Waals surface area contributed by atoms with E-state index in [1.54, 1.807) is 12.1 Å². The highest BCUT2D eigenvalue weighted by Crippen LogP contribution is 2.21. The third kappa shape index (κ3) is 3.75. The van der Waals surface area contributed by atoms with Crippen LogP contribution >= 0.6 is 0 Å². The van der Waals surface area contributed by atoms with Gasteiger partial charge in [0, 0.05) is 24.0 Å². The van der Waals surface area contributed by atoms with Gasteiger partial charge >= 0.3 is 0 Å². The topological polar surface area (TPSA) is 34.0 Å². The predicted octanol–water partition coefficient (Wildman–Crippen LogP) is 4.76. The molecule has 0 aliphatic carbocycles. The first kappa shape index (κ1) is 17.0. The number of hydrogen-bond donors (Lipinski definition) is 1. The van der Waals surface area contributed by atoms with Gasteiger partial charge in [0.15, 0.2) is 0 Å². The zero-order valence-electron chi connectivity index (χ0n) is 14.7. The normalized spacial score (nSPS) is 10.9. The fourth-order valence-electron chi connectivity index (χ4n) is 3.21. The van der Waals surface area contributed by atoms with Crippen molar-refractivity contribution in [3.05, 3.63) is 108 Å². The molecule has 1 heterocycles. The fourth-order valence-corrected chi connectivity index (χ4v) is 3.21. The molecule has 0 spiro atoms. The first-order valence-electron chi connectivity index (χ1n) is 8.85. The van der Waals surface area contributed by atoms with Gasteiger partial charge in [0.1, 0.15) is 11.5 Å². The summed E-state index contributed by atoms with van der Waals surface area (Å²) in [5.41, 5.74) is 3.56. The lowest BCUT2D eigenvalue weighted by Crippen LogP contribution is -2.25. The van der Waals surface area contributed by atoms with Crippen molar-refractivity contribution in [1.29, 1.82) is 0 Å². The van der Waals surface area contributed by atoms with Crippen molar-refractivity contribution in [3.63, 3.8) is 0 Å². The van der Waals surface area contributed by atoms with Crippen LogP contribution in [-0.2, 0) is 13.1 Å². The molecule has 0 aliphatic heterocycles. The molecule has 1 N–H and O–H groups in total. The van der Waals surface area contributed by atoms with Gasteiger partial charge < -0.3 is 9.88 Å². The van der Waals surface area contributed by atoms with Gasteiger partial charge in [0.2, 0.25) is 0 Å². The summed E-state index contributed by atoms with van der Waals surface area (Å²) in [4.78, 5) is 12.9. The van der Waals surface area contributed by atoms with Crippen molar-refractivity contribution in [2.24, 2.45) is 0 Å². The zero-order chi connectivity index (χ0) is 18.6. The maximum absolute atomic E-state index is 13.2. The van der Waals surface area contributed by atoms with E-state index in [2.05, 4.69) is 5.32 Å². The number of benzene rings is 3. The second-order valence-corrected chi connectivity index (χ2v) is 6.47. The van der Waals surface area contributed by atoms with Crippen LogP contribution in [0.1, 0.15) is 21.6 Å². The summed E-state index contributed by atoms with van der Waals surface area (Å²) >= 11 is 0. The van der Waals surface area contributed by atoms with Crippen molar-refractivity contribution in [2.75, 3.05) is 0 Å². The van der Waals surface area contributed by atoms with Crippen LogP contribution in [0.25, 0.3) is 10.9 Å². The highest BCUT2D eigenvalue weighted by molar-refractivity contribution is 5.98. The van der Waals surface area contributed by atoms with Crippen LogP contribution in [0.15, 0.2) is 84.9 Å². The molecule has 0 bridgehead atoms. The summed E-state index contributed by atoms with van der Waals surface area (Å²) < 4.78 is 15.2. The Balaban J connectivity index is 1.64. The van der Waals surface area contributed by atoms with E-state index in [0.29, 0.717) is 18.8 Å². The molecule has 0 saturated heterocycles. The Bertz CT molecular complexity index is 1070. The van der Waals surface area contributed by atoms with E-state index in [1.807, 2.05) is 65.2 Å². The third-order valence-electron chi connectivity index (χ3n) is 4.59. The molecule has 0 atom stereocenters. The number of nitrogens with one attached hydrogen (secondary N) is 1. The molecule has 4 rings (SSSR count). The quantitative estimate of drug-likeness (QED) is 0.548. The number of fused-ring (bicyclic) bond motifs is 1. The van der Waals surface area contributed by atoms with Crippen molar-refractivity contribution >= 4 is 16.8 Å². The van der Waals surface area contributed by atoms with Gasteiger partial charge in [-0.15, -0.1) is 0 Å². The average molecular weight is 358 g/mol. The number of rotatable bonds is 5. The first-order valence-corrected chi connectivity index (χ1v) is 8.85. The molecular weight excluding hydrogens is 339 g/mol. The van der Waals surface area contributed by atoms with Gasteiger partial charge in [-0.25, -0.2) is 4.39 Å². The van der Waals surface area contributed by atoms with E-state index >= 15 is 0 Å². The number of aromatic nitrogens is 1. The molecular formula is C23H19FN2O. The summed E-state index contributed by atoms with van der Waals surface area (Å²) in [5.74, 6) is -0.394. The summed E-state index contributed by atoms with van der Waals surface area (Å²) in [6.45, 7) is 0.972. The van der Waals surface area contributed by atoms with Crippen molar-refractivity contribution in [1.82, 2.24) is 9.88 Å². The third-order valence-corrected chi connectivity index (χ3v) is 4.59. The lowest BCUT2D eigenvalue weighted by Gasteiger charge is -2.12. The maximum Gasteiger partial charge on any atom is 0.268 e. The van der Waals surface area contributed by atoms with E-state index in [1.165, 1.54) is 12.1 Å². The molecule has 27 heavy (non-hydrogen) atoms. The van der Waals surface area contributed by atoms with Crippen molar-refractivity contribution in [3.8, 4) is 0 Å². The van der Waals surface area contributed by atoms with Crippen LogP contribution < -0.4 is 5.32 Å². The summed E-state index contributed by atoms with van der Waals surface area (Å²) in [6, 6.07) is 26.0. The molecule has 4 aromatic rings. The molecule has 1 amide bonds. The van der Waals surface area contributed by atoms with Crippen LogP contribution in [0.2, 0.25) is 0 Å². The van der Waals surface area contributed by atoms with Crippen LogP contribution in [0.3, 0.4) is 0 Å². The van der Waals surface area contributed by atoms with E-state index in [9.17, 15) is 9.18 Å². The Kier molecular flexibility index (Phi) is 4.71. The summed E-state index contributed by atoms with van der Waals surface area (Å²) in [5, 5.41) is 4.00. The lowest BCUT2D eigenvalue weighted by atomic mass is 10.2. The molecule has 0 fully saturated rings. The number of hydrogen-bond acceptors (Lipinski definition) is 1. The average Bonchev–Trinajstić information content (AvgIpc) is 3.07. The van der Waals surface area contributed by atoms with Crippen LogP contribution in [0.5, 0.6) is 0 Å². The number of carbonyl (C=O) groups excluding carboxylic acids is 1. The van der Waals surface area contributed by atoms with E-state index in [-0.39, 0.29) is 11.7 Å². The molecule has 1 aromatic heterocycles. The monoisotopic (exact) mass is 358 g/mol. The Hall–Kier alpha value is -3.40. The van der Waals surface area contributed by atoms with Gasteiger partial charge in [0.05, 0.1) is 0 Å².